The van der Waals surface area contributed by atoms with Crippen molar-refractivity contribution < 1.29 is 8.78 Å². The first-order valence-electron chi connectivity index (χ1n) is 3.61. The summed E-state index contributed by atoms with van der Waals surface area (Å²) < 4.78 is 24.3. The SMILES string of the molecule is C=C(F)CC/C(=C/F)C(=C)NC. The Labute approximate surface area is 71.5 Å². The second kappa shape index (κ2) is 5.52. The van der Waals surface area contributed by atoms with Crippen LogP contribution in [-0.4, -0.2) is 7.05 Å². The lowest BCUT2D eigenvalue weighted by Gasteiger charge is -2.06. The third-order valence-corrected chi connectivity index (χ3v) is 1.49. The van der Waals surface area contributed by atoms with Crippen molar-refractivity contribution in [3.63, 3.8) is 0 Å². The number of rotatable bonds is 5. The maximum absolute atomic E-state index is 12.2. The largest absolute Gasteiger partial charge is 0.388 e. The average Bonchev–Trinajstić information content (AvgIpc) is 2.04. The Morgan fingerprint density at radius 3 is 2.33 bits per heavy atom. The summed E-state index contributed by atoms with van der Waals surface area (Å²) in [6.45, 7) is 6.63. The number of likely N-dealkylation sites (N-methyl/N-ethyl adjacent to an activating group) is 1. The highest BCUT2D eigenvalue weighted by Gasteiger charge is 2.02. The van der Waals surface area contributed by atoms with Gasteiger partial charge in [0, 0.05) is 24.7 Å². The van der Waals surface area contributed by atoms with Crippen LogP contribution in [0.25, 0.3) is 0 Å². The fourth-order valence-electron chi connectivity index (χ4n) is 0.702. The van der Waals surface area contributed by atoms with Gasteiger partial charge in [-0.25, -0.2) is 8.78 Å². The minimum absolute atomic E-state index is 0.135. The standard InChI is InChI=1S/C9H13F2N/c1-7(11)4-5-9(6-10)8(2)12-3/h6,12H,1-2,4-5H2,3H3/b9-6-. The molecule has 0 aliphatic heterocycles. The summed E-state index contributed by atoms with van der Waals surface area (Å²) in [5.41, 5.74) is 0.843. The van der Waals surface area contributed by atoms with E-state index in [1.165, 1.54) is 0 Å². The van der Waals surface area contributed by atoms with Crippen molar-refractivity contribution in [2.75, 3.05) is 7.05 Å². The van der Waals surface area contributed by atoms with Gasteiger partial charge in [-0.1, -0.05) is 13.2 Å². The molecule has 0 saturated heterocycles. The molecule has 0 fully saturated rings. The lowest BCUT2D eigenvalue weighted by atomic mass is 10.1. The summed E-state index contributed by atoms with van der Waals surface area (Å²) in [7, 11) is 1.64. The average molecular weight is 173 g/mol. The molecule has 0 atom stereocenters. The lowest BCUT2D eigenvalue weighted by Crippen LogP contribution is -2.06. The van der Waals surface area contributed by atoms with Gasteiger partial charge in [0.2, 0.25) is 0 Å². The van der Waals surface area contributed by atoms with Gasteiger partial charge >= 0.3 is 0 Å². The molecule has 0 spiro atoms. The highest BCUT2D eigenvalue weighted by atomic mass is 19.1. The quantitative estimate of drug-likeness (QED) is 0.630. The van der Waals surface area contributed by atoms with Gasteiger partial charge in [0.1, 0.15) is 0 Å². The second-order valence-electron chi connectivity index (χ2n) is 2.38. The van der Waals surface area contributed by atoms with E-state index in [0.29, 0.717) is 17.6 Å². The Bertz CT molecular complexity index is 207. The molecule has 12 heavy (non-hydrogen) atoms. The fourth-order valence-corrected chi connectivity index (χ4v) is 0.702. The first kappa shape index (κ1) is 10.9. The van der Waals surface area contributed by atoms with Crippen LogP contribution < -0.4 is 5.32 Å². The Kier molecular flexibility index (Phi) is 5.00. The summed E-state index contributed by atoms with van der Waals surface area (Å²) in [5.74, 6) is -0.446. The summed E-state index contributed by atoms with van der Waals surface area (Å²) in [6.07, 6.45) is 0.851. The topological polar surface area (TPSA) is 12.0 Å². The van der Waals surface area contributed by atoms with Crippen LogP contribution in [0.4, 0.5) is 8.78 Å². The highest BCUT2D eigenvalue weighted by Crippen LogP contribution is 2.15. The van der Waals surface area contributed by atoms with Gasteiger partial charge in [-0.3, -0.25) is 0 Å². The number of allylic oxidation sites excluding steroid dienone is 2. The summed E-state index contributed by atoms with van der Waals surface area (Å²) in [6, 6.07) is 0. The molecule has 68 valence electrons. The van der Waals surface area contributed by atoms with Crippen molar-refractivity contribution in [2.45, 2.75) is 12.8 Å². The van der Waals surface area contributed by atoms with Gasteiger partial charge in [0.05, 0.1) is 12.2 Å². The minimum atomic E-state index is -0.446. The van der Waals surface area contributed by atoms with Crippen molar-refractivity contribution >= 4 is 0 Å². The van der Waals surface area contributed by atoms with E-state index in [1.54, 1.807) is 7.05 Å². The van der Waals surface area contributed by atoms with Crippen molar-refractivity contribution in [3.05, 3.63) is 36.6 Å². The molecule has 0 aromatic heterocycles. The molecule has 0 rings (SSSR count). The zero-order valence-electron chi connectivity index (χ0n) is 7.16. The molecule has 3 heteroatoms. The van der Waals surface area contributed by atoms with E-state index in [0.717, 1.165) is 0 Å². The third kappa shape index (κ3) is 3.91. The Hall–Kier alpha value is -1.12. The van der Waals surface area contributed by atoms with E-state index < -0.39 is 5.83 Å². The summed E-state index contributed by atoms with van der Waals surface area (Å²) in [4.78, 5) is 0. The first-order chi connectivity index (χ1) is 5.61. The van der Waals surface area contributed by atoms with Gasteiger partial charge in [-0.05, 0) is 6.42 Å². The predicted molar refractivity (Wildman–Crippen MR) is 46.9 cm³/mol. The molecule has 1 N–H and O–H groups in total. The van der Waals surface area contributed by atoms with Crippen LogP contribution in [0.5, 0.6) is 0 Å². The molecule has 0 radical (unpaired) electrons. The van der Waals surface area contributed by atoms with Gasteiger partial charge in [-0.2, -0.15) is 0 Å². The lowest BCUT2D eigenvalue weighted by molar-refractivity contribution is 0.588. The van der Waals surface area contributed by atoms with Crippen molar-refractivity contribution in [3.8, 4) is 0 Å². The first-order valence-corrected chi connectivity index (χ1v) is 3.61. The molecule has 0 aliphatic rings. The zero-order chi connectivity index (χ0) is 9.56. The van der Waals surface area contributed by atoms with E-state index in [9.17, 15) is 8.78 Å². The molecular formula is C9H13F2N. The molecule has 0 aromatic carbocycles. The summed E-state index contributed by atoms with van der Waals surface area (Å²) in [5, 5.41) is 2.68. The molecule has 0 heterocycles. The maximum atomic E-state index is 12.2. The zero-order valence-corrected chi connectivity index (χ0v) is 7.16. The van der Waals surface area contributed by atoms with Gasteiger partial charge < -0.3 is 5.32 Å². The van der Waals surface area contributed by atoms with Crippen LogP contribution in [-0.2, 0) is 0 Å². The highest BCUT2D eigenvalue weighted by molar-refractivity contribution is 5.25. The van der Waals surface area contributed by atoms with Crippen LogP contribution >= 0.6 is 0 Å². The molecular weight excluding hydrogens is 160 g/mol. The van der Waals surface area contributed by atoms with Gasteiger partial charge in [0.15, 0.2) is 0 Å². The summed E-state index contributed by atoms with van der Waals surface area (Å²) >= 11 is 0. The molecule has 0 aliphatic carbocycles. The Morgan fingerprint density at radius 2 is 2.00 bits per heavy atom. The number of nitrogens with one attached hydrogen (secondary N) is 1. The van der Waals surface area contributed by atoms with Crippen LogP contribution in [0, 0.1) is 0 Å². The number of hydrogen-bond donors (Lipinski definition) is 1. The fraction of sp³-hybridized carbons (Fsp3) is 0.333. The van der Waals surface area contributed by atoms with Crippen LogP contribution in [0.3, 0.4) is 0 Å². The molecule has 1 nitrogen and oxygen atoms in total. The third-order valence-electron chi connectivity index (χ3n) is 1.49. The van der Waals surface area contributed by atoms with Crippen LogP contribution in [0.15, 0.2) is 36.6 Å². The smallest absolute Gasteiger partial charge is 0.0931 e. The molecule has 0 amide bonds. The molecule has 0 unspecified atom stereocenters. The number of halogens is 2. The van der Waals surface area contributed by atoms with Crippen LogP contribution in [0.2, 0.25) is 0 Å². The number of hydrogen-bond acceptors (Lipinski definition) is 1. The molecule has 0 saturated carbocycles. The van der Waals surface area contributed by atoms with Crippen molar-refractivity contribution in [1.29, 1.82) is 0 Å². The van der Waals surface area contributed by atoms with Gasteiger partial charge in [0.25, 0.3) is 0 Å². The minimum Gasteiger partial charge on any atom is -0.388 e. The van der Waals surface area contributed by atoms with E-state index in [2.05, 4.69) is 18.5 Å². The maximum Gasteiger partial charge on any atom is 0.0931 e. The van der Waals surface area contributed by atoms with E-state index >= 15 is 0 Å². The van der Waals surface area contributed by atoms with Crippen LogP contribution in [0.1, 0.15) is 12.8 Å². The van der Waals surface area contributed by atoms with Crippen molar-refractivity contribution in [2.24, 2.45) is 0 Å². The normalized spacial score (nSPS) is 11.1. The van der Waals surface area contributed by atoms with E-state index in [4.69, 9.17) is 0 Å². The van der Waals surface area contributed by atoms with Crippen molar-refractivity contribution in [1.82, 2.24) is 5.32 Å². The van der Waals surface area contributed by atoms with E-state index in [1.807, 2.05) is 0 Å². The van der Waals surface area contributed by atoms with Gasteiger partial charge in [-0.15, -0.1) is 0 Å². The second-order valence-corrected chi connectivity index (χ2v) is 2.38. The Morgan fingerprint density at radius 1 is 1.42 bits per heavy atom. The monoisotopic (exact) mass is 173 g/mol. The Balaban J connectivity index is 4.02. The molecule has 0 aromatic rings. The molecule has 0 bridgehead atoms. The predicted octanol–water partition coefficient (Wildman–Crippen LogP) is 2.84. The van der Waals surface area contributed by atoms with E-state index in [-0.39, 0.29) is 12.8 Å².